The molecule has 2 N–H and O–H groups in total. The summed E-state index contributed by atoms with van der Waals surface area (Å²) in [6.07, 6.45) is -4.15. The molecule has 0 atom stereocenters. The van der Waals surface area contributed by atoms with Crippen molar-refractivity contribution >= 4 is 21.7 Å². The number of amides is 1. The second-order valence-electron chi connectivity index (χ2n) is 6.52. The standard InChI is InChI=1S/C20H21F3N2O4S/c1-14(26)16-4-8-18(9-5-16)30(28,29)25-13-11-19(27)24-12-10-15-2-6-17(7-3-15)20(21,22)23/h2-9,25H,10-13H2,1H3,(H,24,27). The minimum absolute atomic E-state index is 0.0183. The Kier molecular flexibility index (Phi) is 7.74. The van der Waals surface area contributed by atoms with Crippen LogP contribution in [0.1, 0.15) is 34.8 Å². The normalized spacial score (nSPS) is 11.9. The first-order valence-corrected chi connectivity index (χ1v) is 10.5. The topological polar surface area (TPSA) is 92.3 Å². The van der Waals surface area contributed by atoms with Crippen molar-refractivity contribution in [2.75, 3.05) is 13.1 Å². The maximum atomic E-state index is 12.5. The monoisotopic (exact) mass is 442 g/mol. The van der Waals surface area contributed by atoms with Crippen LogP contribution in [0.15, 0.2) is 53.4 Å². The maximum Gasteiger partial charge on any atom is 0.416 e. The van der Waals surface area contributed by atoms with E-state index < -0.39 is 27.7 Å². The first-order valence-electron chi connectivity index (χ1n) is 9.02. The van der Waals surface area contributed by atoms with E-state index >= 15 is 0 Å². The number of carbonyl (C=O) groups is 2. The second-order valence-corrected chi connectivity index (χ2v) is 8.29. The smallest absolute Gasteiger partial charge is 0.356 e. The van der Waals surface area contributed by atoms with Crippen molar-refractivity contribution in [3.63, 3.8) is 0 Å². The molecular formula is C20H21F3N2O4S. The molecule has 0 aliphatic rings. The number of alkyl halides is 3. The molecule has 0 saturated carbocycles. The minimum Gasteiger partial charge on any atom is -0.356 e. The lowest BCUT2D eigenvalue weighted by atomic mass is 10.1. The number of sulfonamides is 1. The third kappa shape index (κ3) is 6.96. The Balaban J connectivity index is 1.74. The summed E-state index contributed by atoms with van der Waals surface area (Å²) in [5, 5.41) is 2.59. The van der Waals surface area contributed by atoms with Crippen molar-refractivity contribution in [1.29, 1.82) is 0 Å². The van der Waals surface area contributed by atoms with Crippen molar-refractivity contribution in [3.8, 4) is 0 Å². The van der Waals surface area contributed by atoms with Gasteiger partial charge in [0.25, 0.3) is 0 Å². The van der Waals surface area contributed by atoms with Crippen LogP contribution < -0.4 is 10.0 Å². The van der Waals surface area contributed by atoms with Gasteiger partial charge in [0.1, 0.15) is 0 Å². The Hall–Kier alpha value is -2.72. The first kappa shape index (κ1) is 23.6. The van der Waals surface area contributed by atoms with Crippen molar-refractivity contribution in [1.82, 2.24) is 10.0 Å². The lowest BCUT2D eigenvalue weighted by Gasteiger charge is -2.09. The van der Waals surface area contributed by atoms with E-state index in [0.29, 0.717) is 17.5 Å². The van der Waals surface area contributed by atoms with E-state index in [0.717, 1.165) is 12.1 Å². The number of halogens is 3. The molecule has 0 fully saturated rings. The highest BCUT2D eigenvalue weighted by atomic mass is 32.2. The fourth-order valence-corrected chi connectivity index (χ4v) is 3.58. The van der Waals surface area contributed by atoms with E-state index in [1.54, 1.807) is 0 Å². The summed E-state index contributed by atoms with van der Waals surface area (Å²) in [4.78, 5) is 23.0. The van der Waals surface area contributed by atoms with Gasteiger partial charge in [-0.05, 0) is 43.2 Å². The Morgan fingerprint density at radius 2 is 1.53 bits per heavy atom. The summed E-state index contributed by atoms with van der Waals surface area (Å²) >= 11 is 0. The van der Waals surface area contributed by atoms with Crippen LogP contribution in [0.3, 0.4) is 0 Å². The van der Waals surface area contributed by atoms with Gasteiger partial charge in [-0.3, -0.25) is 9.59 Å². The molecule has 0 aliphatic carbocycles. The molecule has 0 aromatic heterocycles. The van der Waals surface area contributed by atoms with Gasteiger partial charge in [0.05, 0.1) is 10.5 Å². The molecule has 10 heteroatoms. The van der Waals surface area contributed by atoms with Crippen molar-refractivity contribution in [2.24, 2.45) is 0 Å². The van der Waals surface area contributed by atoms with Crippen molar-refractivity contribution in [3.05, 3.63) is 65.2 Å². The van der Waals surface area contributed by atoms with E-state index in [-0.39, 0.29) is 30.2 Å². The van der Waals surface area contributed by atoms with Gasteiger partial charge in [0.15, 0.2) is 5.78 Å². The number of benzene rings is 2. The van der Waals surface area contributed by atoms with E-state index in [1.165, 1.54) is 43.3 Å². The number of rotatable bonds is 9. The summed E-state index contributed by atoms with van der Waals surface area (Å²) in [6, 6.07) is 10.1. The summed E-state index contributed by atoms with van der Waals surface area (Å²) < 4.78 is 64.2. The van der Waals surface area contributed by atoms with Crippen molar-refractivity contribution in [2.45, 2.75) is 30.8 Å². The van der Waals surface area contributed by atoms with Crippen LogP contribution in [0, 0.1) is 0 Å². The highest BCUT2D eigenvalue weighted by Gasteiger charge is 2.29. The van der Waals surface area contributed by atoms with Crippen LogP contribution in [-0.2, 0) is 27.4 Å². The largest absolute Gasteiger partial charge is 0.416 e. The number of hydrogen-bond donors (Lipinski definition) is 2. The zero-order chi connectivity index (χ0) is 22.4. The predicted octanol–water partition coefficient (Wildman–Crippen LogP) is 2.94. The lowest BCUT2D eigenvalue weighted by Crippen LogP contribution is -2.31. The van der Waals surface area contributed by atoms with Crippen LogP contribution in [0.25, 0.3) is 0 Å². The van der Waals surface area contributed by atoms with Crippen LogP contribution in [0.2, 0.25) is 0 Å². The fraction of sp³-hybridized carbons (Fsp3) is 0.300. The molecule has 6 nitrogen and oxygen atoms in total. The third-order valence-electron chi connectivity index (χ3n) is 4.23. The van der Waals surface area contributed by atoms with E-state index in [2.05, 4.69) is 10.0 Å². The van der Waals surface area contributed by atoms with Crippen LogP contribution in [0.5, 0.6) is 0 Å². The van der Waals surface area contributed by atoms with Gasteiger partial charge in [-0.1, -0.05) is 24.3 Å². The zero-order valence-corrected chi connectivity index (χ0v) is 16.9. The number of Topliss-reactive ketones (excluding diaryl/α,β-unsaturated/α-hetero) is 1. The van der Waals surface area contributed by atoms with Gasteiger partial charge < -0.3 is 5.32 Å². The highest BCUT2D eigenvalue weighted by Crippen LogP contribution is 2.29. The molecular weight excluding hydrogens is 421 g/mol. The average Bonchev–Trinajstić information content (AvgIpc) is 2.67. The van der Waals surface area contributed by atoms with Gasteiger partial charge in [-0.25, -0.2) is 13.1 Å². The summed E-state index contributed by atoms with van der Waals surface area (Å²) in [5.74, 6) is -0.573. The SMILES string of the molecule is CC(=O)c1ccc(S(=O)(=O)NCCC(=O)NCCc2ccc(C(F)(F)F)cc2)cc1. The second kappa shape index (κ2) is 9.86. The minimum atomic E-state index is -4.39. The molecule has 30 heavy (non-hydrogen) atoms. The van der Waals surface area contributed by atoms with Gasteiger partial charge in [0, 0.05) is 25.1 Å². The molecule has 0 radical (unpaired) electrons. The number of nitrogens with one attached hydrogen (secondary N) is 2. The number of carbonyl (C=O) groups excluding carboxylic acids is 2. The molecule has 2 rings (SSSR count). The molecule has 0 spiro atoms. The molecule has 0 heterocycles. The first-order chi connectivity index (χ1) is 14.0. The van der Waals surface area contributed by atoms with Crippen LogP contribution >= 0.6 is 0 Å². The number of hydrogen-bond acceptors (Lipinski definition) is 4. The Bertz CT molecular complexity index is 986. The molecule has 0 bridgehead atoms. The van der Waals surface area contributed by atoms with Crippen molar-refractivity contribution < 1.29 is 31.2 Å². The van der Waals surface area contributed by atoms with Crippen LogP contribution in [-0.4, -0.2) is 33.2 Å². The lowest BCUT2D eigenvalue weighted by molar-refractivity contribution is -0.137. The molecule has 1 amide bonds. The summed E-state index contributed by atoms with van der Waals surface area (Å²) in [7, 11) is -3.81. The quantitative estimate of drug-likeness (QED) is 0.584. The maximum absolute atomic E-state index is 12.5. The molecule has 162 valence electrons. The molecule has 0 saturated heterocycles. The number of ketones is 1. The van der Waals surface area contributed by atoms with Gasteiger partial charge in [-0.15, -0.1) is 0 Å². The Labute approximate surface area is 172 Å². The van der Waals surface area contributed by atoms with Gasteiger partial charge in [0.2, 0.25) is 15.9 Å². The molecule has 0 unspecified atom stereocenters. The van der Waals surface area contributed by atoms with Gasteiger partial charge >= 0.3 is 6.18 Å². The third-order valence-corrected chi connectivity index (χ3v) is 5.71. The molecule has 2 aromatic rings. The Morgan fingerprint density at radius 3 is 2.07 bits per heavy atom. The van der Waals surface area contributed by atoms with E-state index in [9.17, 15) is 31.2 Å². The van der Waals surface area contributed by atoms with E-state index in [1.807, 2.05) is 0 Å². The van der Waals surface area contributed by atoms with Crippen LogP contribution in [0.4, 0.5) is 13.2 Å². The predicted molar refractivity (Wildman–Crippen MR) is 104 cm³/mol. The summed E-state index contributed by atoms with van der Waals surface area (Å²) in [6.45, 7) is 1.46. The fourth-order valence-electron chi connectivity index (χ4n) is 2.55. The van der Waals surface area contributed by atoms with Gasteiger partial charge in [-0.2, -0.15) is 13.2 Å². The Morgan fingerprint density at radius 1 is 0.933 bits per heavy atom. The highest BCUT2D eigenvalue weighted by molar-refractivity contribution is 7.89. The zero-order valence-electron chi connectivity index (χ0n) is 16.1. The molecule has 0 aliphatic heterocycles. The van der Waals surface area contributed by atoms with E-state index in [4.69, 9.17) is 0 Å². The summed E-state index contributed by atoms with van der Waals surface area (Å²) in [5.41, 5.74) is 0.290. The molecule has 2 aromatic carbocycles. The average molecular weight is 442 g/mol.